The van der Waals surface area contributed by atoms with Crippen molar-refractivity contribution >= 4 is 29.1 Å². The summed E-state index contributed by atoms with van der Waals surface area (Å²) in [6, 6.07) is 13.2. The van der Waals surface area contributed by atoms with E-state index in [1.54, 1.807) is 18.2 Å². The smallest absolute Gasteiger partial charge is 0.273 e. The van der Waals surface area contributed by atoms with Gasteiger partial charge in [0.05, 0.1) is 11.6 Å². The molecule has 3 aromatic rings. The molecule has 0 unspecified atom stereocenters. The highest BCUT2D eigenvalue weighted by Gasteiger charge is 2.30. The number of unbranched alkanes of at least 4 members (excludes halogenated alkanes) is 2. The first-order valence-electron chi connectivity index (χ1n) is 14.4. The molecule has 1 amide bonds. The lowest BCUT2D eigenvalue weighted by molar-refractivity contribution is 0.0522. The Labute approximate surface area is 243 Å². The monoisotopic (exact) mass is 569 g/mol. The predicted octanol–water partition coefficient (Wildman–Crippen LogP) is 8.53. The summed E-state index contributed by atoms with van der Waals surface area (Å²) in [5, 5.41) is 1.17. The summed E-state index contributed by atoms with van der Waals surface area (Å²) in [5.41, 5.74) is 2.41. The van der Waals surface area contributed by atoms with Crippen LogP contribution in [0, 0.1) is 5.92 Å². The number of amides is 1. The van der Waals surface area contributed by atoms with Crippen LogP contribution in [0.3, 0.4) is 0 Å². The van der Waals surface area contributed by atoms with Crippen LogP contribution in [0.15, 0.2) is 53.1 Å². The summed E-state index contributed by atoms with van der Waals surface area (Å²) in [7, 11) is 0. The topological polar surface area (TPSA) is 49.6 Å². The van der Waals surface area contributed by atoms with Gasteiger partial charge >= 0.3 is 0 Å². The highest BCUT2D eigenvalue weighted by Crippen LogP contribution is 2.32. The molecular formula is C32H41Cl2N3O2. The van der Waals surface area contributed by atoms with Gasteiger partial charge in [0.25, 0.3) is 5.91 Å². The molecule has 0 saturated carbocycles. The van der Waals surface area contributed by atoms with Crippen LogP contribution in [-0.2, 0) is 13.0 Å². The maximum Gasteiger partial charge on any atom is 0.273 e. The van der Waals surface area contributed by atoms with Gasteiger partial charge in [0.15, 0.2) is 0 Å². The summed E-state index contributed by atoms with van der Waals surface area (Å²) in [5.74, 6) is 2.00. The van der Waals surface area contributed by atoms with Gasteiger partial charge in [-0.3, -0.25) is 9.78 Å². The molecular weight excluding hydrogens is 529 g/mol. The van der Waals surface area contributed by atoms with E-state index >= 15 is 0 Å². The standard InChI is InChI=1S/C32H41Cl2N3O2/c1-4-5-6-7-24-8-12-30(35-21-24)32(38)37(26-15-18-36(19-16-26)17-14-23(2)3)22-27-10-13-31(39-27)28-20-25(33)9-11-29(28)34/h8-13,20-21,23,26H,4-7,14-19,22H2,1-3H3. The second-order valence-electron chi connectivity index (χ2n) is 11.1. The van der Waals surface area contributed by atoms with Crippen molar-refractivity contribution in [2.45, 2.75) is 78.3 Å². The lowest BCUT2D eigenvalue weighted by Crippen LogP contribution is -2.47. The first kappa shape index (κ1) is 29.6. The Kier molecular flexibility index (Phi) is 10.9. The third-order valence-corrected chi connectivity index (χ3v) is 8.14. The number of hydrogen-bond donors (Lipinski definition) is 0. The average molecular weight is 571 g/mol. The Balaban J connectivity index is 1.51. The van der Waals surface area contributed by atoms with Gasteiger partial charge in [-0.1, -0.05) is 62.9 Å². The molecule has 1 aliphatic rings. The number of likely N-dealkylation sites (tertiary alicyclic amines) is 1. The first-order valence-corrected chi connectivity index (χ1v) is 15.1. The number of hydrogen-bond acceptors (Lipinski definition) is 4. The second-order valence-corrected chi connectivity index (χ2v) is 11.9. The van der Waals surface area contributed by atoms with Crippen LogP contribution < -0.4 is 0 Å². The van der Waals surface area contributed by atoms with Crippen molar-refractivity contribution in [2.75, 3.05) is 19.6 Å². The molecule has 4 rings (SSSR count). The molecule has 7 heteroatoms. The summed E-state index contributed by atoms with van der Waals surface area (Å²) >= 11 is 12.6. The molecule has 1 saturated heterocycles. The van der Waals surface area contributed by atoms with E-state index in [9.17, 15) is 4.79 Å². The highest BCUT2D eigenvalue weighted by molar-refractivity contribution is 6.35. The van der Waals surface area contributed by atoms with E-state index in [0.717, 1.165) is 50.9 Å². The van der Waals surface area contributed by atoms with Gasteiger partial charge in [-0.25, -0.2) is 0 Å². The number of pyridine rings is 1. The Morgan fingerprint density at radius 2 is 1.90 bits per heavy atom. The minimum absolute atomic E-state index is 0.0468. The SMILES string of the molecule is CCCCCc1ccc(C(=O)N(Cc2ccc(-c3cc(Cl)ccc3Cl)o2)C2CCN(CCC(C)C)CC2)nc1. The summed E-state index contributed by atoms with van der Waals surface area (Å²) in [6.45, 7) is 10.2. The number of rotatable bonds is 12. The molecule has 1 aromatic carbocycles. The van der Waals surface area contributed by atoms with Crippen LogP contribution in [0.4, 0.5) is 0 Å². The Morgan fingerprint density at radius 1 is 1.10 bits per heavy atom. The predicted molar refractivity (Wildman–Crippen MR) is 160 cm³/mol. The number of carbonyl (C=O) groups excluding carboxylic acids is 1. The highest BCUT2D eigenvalue weighted by atomic mass is 35.5. The zero-order valence-electron chi connectivity index (χ0n) is 23.5. The largest absolute Gasteiger partial charge is 0.459 e. The molecule has 0 spiro atoms. The van der Waals surface area contributed by atoms with E-state index in [4.69, 9.17) is 27.6 Å². The van der Waals surface area contributed by atoms with Crippen LogP contribution in [0.2, 0.25) is 10.0 Å². The minimum atomic E-state index is -0.0468. The molecule has 1 fully saturated rings. The number of halogens is 2. The number of carbonyl (C=O) groups is 1. The fraction of sp³-hybridized carbons (Fsp3) is 0.500. The first-order chi connectivity index (χ1) is 18.8. The van der Waals surface area contributed by atoms with Crippen molar-refractivity contribution in [3.8, 4) is 11.3 Å². The molecule has 210 valence electrons. The molecule has 0 atom stereocenters. The van der Waals surface area contributed by atoms with Gasteiger partial charge in [0, 0.05) is 35.9 Å². The quantitative estimate of drug-likeness (QED) is 0.205. The van der Waals surface area contributed by atoms with E-state index < -0.39 is 0 Å². The van der Waals surface area contributed by atoms with Crippen LogP contribution in [0.1, 0.15) is 81.1 Å². The van der Waals surface area contributed by atoms with Gasteiger partial charge in [0.1, 0.15) is 17.2 Å². The van der Waals surface area contributed by atoms with Gasteiger partial charge in [-0.05, 0) is 86.5 Å². The normalized spacial score (nSPS) is 14.7. The molecule has 3 heterocycles. The van der Waals surface area contributed by atoms with Crippen LogP contribution in [0.5, 0.6) is 0 Å². The van der Waals surface area contributed by atoms with E-state index in [1.807, 2.05) is 29.3 Å². The van der Waals surface area contributed by atoms with Gasteiger partial charge in [-0.2, -0.15) is 0 Å². The molecule has 0 radical (unpaired) electrons. The fourth-order valence-corrected chi connectivity index (χ4v) is 5.53. The van der Waals surface area contributed by atoms with Crippen molar-refractivity contribution in [2.24, 2.45) is 5.92 Å². The number of furan rings is 1. The van der Waals surface area contributed by atoms with Gasteiger partial charge < -0.3 is 14.2 Å². The molecule has 0 aliphatic carbocycles. The summed E-state index contributed by atoms with van der Waals surface area (Å²) in [6.07, 6.45) is 9.46. The Morgan fingerprint density at radius 3 is 2.59 bits per heavy atom. The van der Waals surface area contributed by atoms with Crippen molar-refractivity contribution in [1.82, 2.24) is 14.8 Å². The number of piperidine rings is 1. The van der Waals surface area contributed by atoms with E-state index in [2.05, 4.69) is 36.7 Å². The van der Waals surface area contributed by atoms with Crippen LogP contribution in [-0.4, -0.2) is 46.4 Å². The Bertz CT molecular complexity index is 1200. The van der Waals surface area contributed by atoms with E-state index in [1.165, 1.54) is 24.8 Å². The maximum atomic E-state index is 13.9. The number of nitrogens with zero attached hydrogens (tertiary/aromatic N) is 3. The fourth-order valence-electron chi connectivity index (χ4n) is 5.15. The van der Waals surface area contributed by atoms with Crippen molar-refractivity contribution in [3.63, 3.8) is 0 Å². The second kappa shape index (κ2) is 14.3. The maximum absolute atomic E-state index is 13.9. The number of aromatic nitrogens is 1. The van der Waals surface area contributed by atoms with E-state index in [0.29, 0.717) is 39.7 Å². The van der Waals surface area contributed by atoms with Crippen LogP contribution >= 0.6 is 23.2 Å². The third-order valence-electron chi connectivity index (χ3n) is 7.58. The molecule has 0 N–H and O–H groups in total. The number of aryl methyl sites for hydroxylation is 1. The molecule has 2 aromatic heterocycles. The summed E-state index contributed by atoms with van der Waals surface area (Å²) < 4.78 is 6.21. The summed E-state index contributed by atoms with van der Waals surface area (Å²) in [4.78, 5) is 22.9. The molecule has 39 heavy (non-hydrogen) atoms. The third kappa shape index (κ3) is 8.33. The van der Waals surface area contributed by atoms with Gasteiger partial charge in [-0.15, -0.1) is 0 Å². The van der Waals surface area contributed by atoms with E-state index in [-0.39, 0.29) is 11.9 Å². The average Bonchev–Trinajstić information content (AvgIpc) is 3.41. The lowest BCUT2D eigenvalue weighted by atomic mass is 10.0. The van der Waals surface area contributed by atoms with Crippen molar-refractivity contribution in [1.29, 1.82) is 0 Å². The van der Waals surface area contributed by atoms with Crippen LogP contribution in [0.25, 0.3) is 11.3 Å². The minimum Gasteiger partial charge on any atom is -0.459 e. The molecule has 1 aliphatic heterocycles. The lowest BCUT2D eigenvalue weighted by Gasteiger charge is -2.38. The van der Waals surface area contributed by atoms with Crippen molar-refractivity contribution in [3.05, 3.63) is 75.7 Å². The molecule has 5 nitrogen and oxygen atoms in total. The van der Waals surface area contributed by atoms with Crippen molar-refractivity contribution < 1.29 is 9.21 Å². The Hall–Kier alpha value is -2.34. The van der Waals surface area contributed by atoms with Gasteiger partial charge in [0.2, 0.25) is 0 Å². The zero-order valence-corrected chi connectivity index (χ0v) is 25.0. The zero-order chi connectivity index (χ0) is 27.8. The molecule has 0 bridgehead atoms. The number of benzene rings is 1.